The third-order valence-corrected chi connectivity index (χ3v) is 6.02. The minimum Gasteiger partial charge on any atom is -0.370 e. The fourth-order valence-corrected chi connectivity index (χ4v) is 4.61. The third kappa shape index (κ3) is 3.80. The molecule has 0 bridgehead atoms. The zero-order valence-corrected chi connectivity index (χ0v) is 13.9. The van der Waals surface area contributed by atoms with E-state index >= 15 is 0 Å². The van der Waals surface area contributed by atoms with Gasteiger partial charge in [0.05, 0.1) is 18.5 Å². The highest BCUT2D eigenvalue weighted by Crippen LogP contribution is 2.27. The fraction of sp³-hybridized carbons (Fsp3) is 0.333. The predicted octanol–water partition coefficient (Wildman–Crippen LogP) is 2.98. The summed E-state index contributed by atoms with van der Waals surface area (Å²) in [6.45, 7) is 2.66. The van der Waals surface area contributed by atoms with Crippen LogP contribution in [0.5, 0.6) is 0 Å². The lowest BCUT2D eigenvalue weighted by Crippen LogP contribution is -2.48. The van der Waals surface area contributed by atoms with Gasteiger partial charge in [0.15, 0.2) is 0 Å². The van der Waals surface area contributed by atoms with E-state index in [1.807, 2.05) is 67.6 Å². The summed E-state index contributed by atoms with van der Waals surface area (Å²) >= 11 is 0. The van der Waals surface area contributed by atoms with E-state index in [0.29, 0.717) is 13.2 Å². The molecule has 1 aliphatic heterocycles. The molecule has 23 heavy (non-hydrogen) atoms. The lowest BCUT2D eigenvalue weighted by molar-refractivity contribution is -0.0289. The molecule has 0 N–H and O–H groups in total. The normalized spacial score (nSPS) is 22.8. The van der Waals surface area contributed by atoms with Crippen LogP contribution in [0.1, 0.15) is 24.2 Å². The standard InChI is InChI=1S/C18H21NO3S/c1-15-13-22-18(17-10-6-3-7-11-17)12-19(15)23(20,21)14-16-8-4-2-5-9-16/h2-11,15,18H,12-14H2,1H3. The second-order valence-electron chi connectivity index (χ2n) is 5.89. The molecule has 1 fully saturated rings. The van der Waals surface area contributed by atoms with Gasteiger partial charge in [0.2, 0.25) is 10.0 Å². The third-order valence-electron chi connectivity index (χ3n) is 4.10. The smallest absolute Gasteiger partial charge is 0.218 e. The van der Waals surface area contributed by atoms with E-state index in [1.54, 1.807) is 4.31 Å². The van der Waals surface area contributed by atoms with Crippen molar-refractivity contribution in [2.45, 2.75) is 24.8 Å². The first-order valence-electron chi connectivity index (χ1n) is 7.76. The summed E-state index contributed by atoms with van der Waals surface area (Å²) in [6, 6.07) is 18.9. The summed E-state index contributed by atoms with van der Waals surface area (Å²) in [5.41, 5.74) is 1.82. The molecule has 122 valence electrons. The Kier molecular flexibility index (Phi) is 4.80. The van der Waals surface area contributed by atoms with E-state index in [2.05, 4.69) is 0 Å². The van der Waals surface area contributed by atoms with Crippen molar-refractivity contribution in [1.29, 1.82) is 0 Å². The van der Waals surface area contributed by atoms with E-state index in [4.69, 9.17) is 4.74 Å². The lowest BCUT2D eigenvalue weighted by Gasteiger charge is -2.37. The van der Waals surface area contributed by atoms with Gasteiger partial charge >= 0.3 is 0 Å². The van der Waals surface area contributed by atoms with Crippen molar-refractivity contribution >= 4 is 10.0 Å². The number of nitrogens with zero attached hydrogens (tertiary/aromatic N) is 1. The first-order valence-corrected chi connectivity index (χ1v) is 9.37. The topological polar surface area (TPSA) is 46.6 Å². The Balaban J connectivity index is 1.79. The number of ether oxygens (including phenoxy) is 1. The van der Waals surface area contributed by atoms with E-state index in [0.717, 1.165) is 11.1 Å². The van der Waals surface area contributed by atoms with Crippen LogP contribution in [0.15, 0.2) is 60.7 Å². The lowest BCUT2D eigenvalue weighted by atomic mass is 10.1. The molecule has 4 nitrogen and oxygen atoms in total. The largest absolute Gasteiger partial charge is 0.370 e. The molecule has 5 heteroatoms. The summed E-state index contributed by atoms with van der Waals surface area (Å²) in [4.78, 5) is 0. The van der Waals surface area contributed by atoms with Crippen LogP contribution < -0.4 is 0 Å². The Morgan fingerprint density at radius 3 is 2.30 bits per heavy atom. The molecule has 1 heterocycles. The molecule has 0 saturated carbocycles. The zero-order chi connectivity index (χ0) is 16.3. The van der Waals surface area contributed by atoms with Gasteiger partial charge in [-0.1, -0.05) is 60.7 Å². The molecule has 0 spiro atoms. The molecular weight excluding hydrogens is 310 g/mol. The number of benzene rings is 2. The van der Waals surface area contributed by atoms with Gasteiger partial charge in [-0.15, -0.1) is 0 Å². The summed E-state index contributed by atoms with van der Waals surface area (Å²) in [5, 5.41) is 0. The van der Waals surface area contributed by atoms with Crippen molar-refractivity contribution in [3.05, 3.63) is 71.8 Å². The minimum atomic E-state index is -3.37. The van der Waals surface area contributed by atoms with Crippen LogP contribution in [0, 0.1) is 0 Å². The minimum absolute atomic E-state index is 0.0275. The summed E-state index contributed by atoms with van der Waals surface area (Å²) in [7, 11) is -3.37. The van der Waals surface area contributed by atoms with Gasteiger partial charge in [-0.05, 0) is 18.1 Å². The zero-order valence-electron chi connectivity index (χ0n) is 13.1. The van der Waals surface area contributed by atoms with Crippen molar-refractivity contribution in [3.8, 4) is 0 Å². The second kappa shape index (κ2) is 6.83. The SMILES string of the molecule is CC1COC(c2ccccc2)CN1S(=O)(=O)Cc1ccccc1. The molecule has 2 aromatic rings. The molecule has 0 radical (unpaired) electrons. The monoisotopic (exact) mass is 331 g/mol. The van der Waals surface area contributed by atoms with E-state index in [-0.39, 0.29) is 17.9 Å². The van der Waals surface area contributed by atoms with Crippen molar-refractivity contribution in [2.24, 2.45) is 0 Å². The van der Waals surface area contributed by atoms with Crippen molar-refractivity contribution in [1.82, 2.24) is 4.31 Å². The van der Waals surface area contributed by atoms with Gasteiger partial charge < -0.3 is 4.74 Å². The van der Waals surface area contributed by atoms with E-state index in [9.17, 15) is 8.42 Å². The maximum atomic E-state index is 12.8. The first-order chi connectivity index (χ1) is 11.1. The Labute approximate surface area is 137 Å². The molecule has 0 amide bonds. The van der Waals surface area contributed by atoms with Crippen molar-refractivity contribution < 1.29 is 13.2 Å². The number of morpholine rings is 1. The molecule has 2 unspecified atom stereocenters. The highest BCUT2D eigenvalue weighted by atomic mass is 32.2. The Morgan fingerprint density at radius 1 is 1.04 bits per heavy atom. The summed E-state index contributed by atoms with van der Waals surface area (Å²) in [5.74, 6) is 0.0275. The first kappa shape index (κ1) is 16.2. The van der Waals surface area contributed by atoms with Crippen molar-refractivity contribution in [2.75, 3.05) is 13.2 Å². The fourth-order valence-electron chi connectivity index (χ4n) is 2.86. The van der Waals surface area contributed by atoms with Gasteiger partial charge in [0, 0.05) is 12.6 Å². The van der Waals surface area contributed by atoms with Crippen LogP contribution in [0.3, 0.4) is 0 Å². The molecule has 0 aromatic heterocycles. The molecule has 2 aromatic carbocycles. The van der Waals surface area contributed by atoms with E-state index < -0.39 is 10.0 Å². The molecule has 1 saturated heterocycles. The maximum absolute atomic E-state index is 12.8. The number of sulfonamides is 1. The quantitative estimate of drug-likeness (QED) is 0.865. The Morgan fingerprint density at radius 2 is 1.65 bits per heavy atom. The average Bonchev–Trinajstić information content (AvgIpc) is 2.56. The van der Waals surface area contributed by atoms with Gasteiger partial charge in [-0.3, -0.25) is 0 Å². The average molecular weight is 331 g/mol. The van der Waals surface area contributed by atoms with Crippen LogP contribution in [0.4, 0.5) is 0 Å². The summed E-state index contributed by atoms with van der Waals surface area (Å²) < 4.78 is 33.1. The van der Waals surface area contributed by atoms with Crippen LogP contribution >= 0.6 is 0 Å². The van der Waals surface area contributed by atoms with Crippen LogP contribution in [0.25, 0.3) is 0 Å². The van der Waals surface area contributed by atoms with Crippen LogP contribution in [-0.4, -0.2) is 31.9 Å². The summed E-state index contributed by atoms with van der Waals surface area (Å²) in [6.07, 6.45) is -0.210. The Hall–Kier alpha value is -1.69. The highest BCUT2D eigenvalue weighted by Gasteiger charge is 2.35. The number of hydrogen-bond donors (Lipinski definition) is 0. The molecule has 1 aliphatic rings. The maximum Gasteiger partial charge on any atom is 0.218 e. The van der Waals surface area contributed by atoms with Gasteiger partial charge in [-0.2, -0.15) is 4.31 Å². The van der Waals surface area contributed by atoms with E-state index in [1.165, 1.54) is 0 Å². The molecule has 3 rings (SSSR count). The molecule has 0 aliphatic carbocycles. The molecular formula is C18H21NO3S. The van der Waals surface area contributed by atoms with Gasteiger partial charge in [-0.25, -0.2) is 8.42 Å². The molecule has 2 atom stereocenters. The van der Waals surface area contributed by atoms with Gasteiger partial charge in [0.1, 0.15) is 0 Å². The van der Waals surface area contributed by atoms with Crippen LogP contribution in [-0.2, 0) is 20.5 Å². The Bertz CT molecular complexity index is 731. The number of rotatable bonds is 4. The number of hydrogen-bond acceptors (Lipinski definition) is 3. The second-order valence-corrected chi connectivity index (χ2v) is 7.81. The highest BCUT2D eigenvalue weighted by molar-refractivity contribution is 7.88. The van der Waals surface area contributed by atoms with Gasteiger partial charge in [0.25, 0.3) is 0 Å². The predicted molar refractivity (Wildman–Crippen MR) is 90.4 cm³/mol. The van der Waals surface area contributed by atoms with Crippen LogP contribution in [0.2, 0.25) is 0 Å². The van der Waals surface area contributed by atoms with Crippen molar-refractivity contribution in [3.63, 3.8) is 0 Å².